The van der Waals surface area contributed by atoms with Crippen LogP contribution in [-0.4, -0.2) is 38.7 Å². The largest absolute Gasteiger partial charge is 0.277 e. The second-order valence-electron chi connectivity index (χ2n) is 6.24. The van der Waals surface area contributed by atoms with Crippen molar-refractivity contribution in [3.05, 3.63) is 65.2 Å². The lowest BCUT2D eigenvalue weighted by Crippen LogP contribution is -2.28. The van der Waals surface area contributed by atoms with Gasteiger partial charge in [0.15, 0.2) is 0 Å². The van der Waals surface area contributed by atoms with Crippen LogP contribution < -0.4 is 4.72 Å². The second kappa shape index (κ2) is 7.01. The Morgan fingerprint density at radius 3 is 2.31 bits per heavy atom. The Morgan fingerprint density at radius 1 is 1.00 bits per heavy atom. The second-order valence-corrected chi connectivity index (χ2v) is 8.01. The summed E-state index contributed by atoms with van der Waals surface area (Å²) >= 11 is 0. The summed E-state index contributed by atoms with van der Waals surface area (Å²) in [5.41, 5.74) is 1.41. The average molecular weight is 372 g/mol. The zero-order valence-electron chi connectivity index (χ0n) is 14.6. The summed E-state index contributed by atoms with van der Waals surface area (Å²) in [7, 11) is -2.41. The van der Waals surface area contributed by atoms with Crippen molar-refractivity contribution in [2.75, 3.05) is 13.6 Å². The van der Waals surface area contributed by atoms with Gasteiger partial charge in [-0.3, -0.25) is 14.5 Å². The number of carbonyl (C=O) groups is 2. The Hall–Kier alpha value is -2.51. The van der Waals surface area contributed by atoms with E-state index in [4.69, 9.17) is 0 Å². The molecule has 1 N–H and O–H groups in total. The van der Waals surface area contributed by atoms with Crippen LogP contribution in [0.5, 0.6) is 0 Å². The van der Waals surface area contributed by atoms with Gasteiger partial charge in [0.05, 0.1) is 16.0 Å². The van der Waals surface area contributed by atoms with E-state index in [1.54, 1.807) is 0 Å². The number of benzene rings is 2. The summed E-state index contributed by atoms with van der Waals surface area (Å²) in [6, 6.07) is 13.7. The number of nitrogens with zero attached hydrogens (tertiary/aromatic N) is 1. The van der Waals surface area contributed by atoms with Crippen LogP contribution in [0, 0.1) is 0 Å². The topological polar surface area (TPSA) is 83.6 Å². The molecule has 0 bridgehead atoms. The fraction of sp³-hybridized carbons (Fsp3) is 0.263. The van der Waals surface area contributed by atoms with Gasteiger partial charge in [-0.15, -0.1) is 0 Å². The van der Waals surface area contributed by atoms with Crippen LogP contribution in [-0.2, 0) is 10.0 Å². The molecule has 0 aliphatic carbocycles. The molecule has 0 saturated carbocycles. The molecule has 1 atom stereocenters. The molecule has 1 heterocycles. The third-order valence-corrected chi connectivity index (χ3v) is 6.08. The summed E-state index contributed by atoms with van der Waals surface area (Å²) in [6.07, 6.45) is 0.786. The summed E-state index contributed by atoms with van der Waals surface area (Å²) in [5, 5.41) is 0. The maximum absolute atomic E-state index is 12.6. The Kier molecular flexibility index (Phi) is 4.93. The molecule has 2 aromatic rings. The predicted molar refractivity (Wildman–Crippen MR) is 97.5 cm³/mol. The molecule has 7 heteroatoms. The molecular weight excluding hydrogens is 352 g/mol. The molecule has 1 aliphatic heterocycles. The molecule has 26 heavy (non-hydrogen) atoms. The molecule has 2 amide bonds. The number of carbonyl (C=O) groups excluding carboxylic acids is 2. The molecule has 136 valence electrons. The van der Waals surface area contributed by atoms with Crippen molar-refractivity contribution in [2.45, 2.75) is 24.2 Å². The number of rotatable bonds is 6. The molecule has 0 spiro atoms. The maximum atomic E-state index is 12.6. The van der Waals surface area contributed by atoms with E-state index in [9.17, 15) is 18.0 Å². The van der Waals surface area contributed by atoms with Gasteiger partial charge in [0.1, 0.15) is 0 Å². The highest BCUT2D eigenvalue weighted by molar-refractivity contribution is 7.89. The van der Waals surface area contributed by atoms with Crippen LogP contribution in [0.25, 0.3) is 0 Å². The average Bonchev–Trinajstić information content (AvgIpc) is 2.87. The number of nitrogens with one attached hydrogen (secondary N) is 1. The lowest BCUT2D eigenvalue weighted by Gasteiger charge is -2.16. The Bertz CT molecular complexity index is 955. The van der Waals surface area contributed by atoms with Gasteiger partial charge in [-0.2, -0.15) is 0 Å². The molecule has 6 nitrogen and oxygen atoms in total. The number of imide groups is 1. The number of hydrogen-bond acceptors (Lipinski definition) is 4. The van der Waals surface area contributed by atoms with E-state index in [2.05, 4.69) is 4.72 Å². The first kappa shape index (κ1) is 18.3. The molecule has 0 aromatic heterocycles. The lowest BCUT2D eigenvalue weighted by molar-refractivity contribution is 0.0693. The van der Waals surface area contributed by atoms with Crippen molar-refractivity contribution in [1.82, 2.24) is 9.62 Å². The zero-order valence-corrected chi connectivity index (χ0v) is 15.4. The van der Waals surface area contributed by atoms with Gasteiger partial charge in [0.25, 0.3) is 11.8 Å². The maximum Gasteiger partial charge on any atom is 0.261 e. The van der Waals surface area contributed by atoms with Gasteiger partial charge < -0.3 is 0 Å². The zero-order chi connectivity index (χ0) is 18.9. The van der Waals surface area contributed by atoms with E-state index >= 15 is 0 Å². The van der Waals surface area contributed by atoms with E-state index in [0.29, 0.717) is 0 Å². The van der Waals surface area contributed by atoms with Crippen molar-refractivity contribution < 1.29 is 18.0 Å². The highest BCUT2D eigenvalue weighted by atomic mass is 32.2. The molecular formula is C19H20N2O4S. The Balaban J connectivity index is 1.81. The highest BCUT2D eigenvalue weighted by Crippen LogP contribution is 2.25. The third kappa shape index (κ3) is 3.27. The molecule has 0 saturated heterocycles. The van der Waals surface area contributed by atoms with Gasteiger partial charge >= 0.3 is 0 Å². The summed E-state index contributed by atoms with van der Waals surface area (Å²) in [6.45, 7) is 2.26. The van der Waals surface area contributed by atoms with Gasteiger partial charge in [-0.1, -0.05) is 37.3 Å². The SMILES string of the molecule is CCC(CNS(=O)(=O)c1ccc2c(c1)C(=O)N(C)C2=O)c1ccccc1. The summed E-state index contributed by atoms with van der Waals surface area (Å²) in [5.74, 6) is -0.857. The number of sulfonamides is 1. The molecule has 3 rings (SSSR count). The predicted octanol–water partition coefficient (Wildman–Crippen LogP) is 2.38. The lowest BCUT2D eigenvalue weighted by atomic mass is 9.97. The van der Waals surface area contributed by atoms with Crippen LogP contribution in [0.2, 0.25) is 0 Å². The first-order valence-corrected chi connectivity index (χ1v) is 9.84. The smallest absolute Gasteiger partial charge is 0.261 e. The van der Waals surface area contributed by atoms with E-state index in [-0.39, 0.29) is 28.5 Å². The molecule has 0 fully saturated rings. The summed E-state index contributed by atoms with van der Waals surface area (Å²) in [4.78, 5) is 25.0. The first-order chi connectivity index (χ1) is 12.3. The third-order valence-electron chi connectivity index (χ3n) is 4.65. The number of fused-ring (bicyclic) bond motifs is 1. The van der Waals surface area contributed by atoms with E-state index in [1.807, 2.05) is 37.3 Å². The van der Waals surface area contributed by atoms with Crippen LogP contribution in [0.1, 0.15) is 45.5 Å². The minimum Gasteiger partial charge on any atom is -0.277 e. The number of hydrogen-bond donors (Lipinski definition) is 1. The van der Waals surface area contributed by atoms with Crippen molar-refractivity contribution >= 4 is 21.8 Å². The van der Waals surface area contributed by atoms with Crippen molar-refractivity contribution in [2.24, 2.45) is 0 Å². The van der Waals surface area contributed by atoms with Crippen LogP contribution in [0.3, 0.4) is 0 Å². The molecule has 0 radical (unpaired) electrons. The quantitative estimate of drug-likeness (QED) is 0.789. The van der Waals surface area contributed by atoms with Crippen LogP contribution in [0.4, 0.5) is 0 Å². The van der Waals surface area contributed by atoms with E-state index in [1.165, 1.54) is 25.2 Å². The monoisotopic (exact) mass is 372 g/mol. The van der Waals surface area contributed by atoms with Crippen LogP contribution >= 0.6 is 0 Å². The van der Waals surface area contributed by atoms with Crippen molar-refractivity contribution in [3.8, 4) is 0 Å². The fourth-order valence-electron chi connectivity index (χ4n) is 3.02. The minimum absolute atomic E-state index is 0.0179. The Labute approximate surface area is 152 Å². The molecule has 2 aromatic carbocycles. The number of amides is 2. The van der Waals surface area contributed by atoms with Gasteiger partial charge in [0, 0.05) is 13.6 Å². The van der Waals surface area contributed by atoms with E-state index in [0.717, 1.165) is 16.9 Å². The Morgan fingerprint density at radius 2 is 1.65 bits per heavy atom. The molecule has 1 aliphatic rings. The normalized spacial score (nSPS) is 15.2. The van der Waals surface area contributed by atoms with Gasteiger partial charge in [-0.05, 0) is 36.1 Å². The standard InChI is InChI=1S/C19H20N2O4S/c1-3-13(14-7-5-4-6-8-14)12-20-26(24,25)15-9-10-16-17(11-15)19(23)21(2)18(16)22/h4-11,13,20H,3,12H2,1-2H3. The molecule has 1 unspecified atom stereocenters. The van der Waals surface area contributed by atoms with E-state index < -0.39 is 21.8 Å². The van der Waals surface area contributed by atoms with Gasteiger partial charge in [0.2, 0.25) is 10.0 Å². The van der Waals surface area contributed by atoms with Crippen LogP contribution in [0.15, 0.2) is 53.4 Å². The van der Waals surface area contributed by atoms with Crippen molar-refractivity contribution in [3.63, 3.8) is 0 Å². The highest BCUT2D eigenvalue weighted by Gasteiger charge is 2.34. The fourth-order valence-corrected chi connectivity index (χ4v) is 4.13. The summed E-state index contributed by atoms with van der Waals surface area (Å²) < 4.78 is 27.9. The van der Waals surface area contributed by atoms with Crippen molar-refractivity contribution in [1.29, 1.82) is 0 Å². The van der Waals surface area contributed by atoms with Gasteiger partial charge in [-0.25, -0.2) is 13.1 Å². The first-order valence-electron chi connectivity index (χ1n) is 8.36. The minimum atomic E-state index is -3.79.